The van der Waals surface area contributed by atoms with Gasteiger partial charge in [-0.2, -0.15) is 0 Å². The van der Waals surface area contributed by atoms with Crippen LogP contribution in [0, 0.1) is 0 Å². The van der Waals surface area contributed by atoms with Crippen LogP contribution in [0.5, 0.6) is 0 Å². The fourth-order valence-electron chi connectivity index (χ4n) is 6.00. The maximum Gasteiger partial charge on any atom is 0.290 e. The van der Waals surface area contributed by atoms with Crippen LogP contribution in [0.2, 0.25) is 0 Å². The van der Waals surface area contributed by atoms with Crippen molar-refractivity contribution in [3.8, 4) is 11.4 Å². The minimum atomic E-state index is 0. The Balaban J connectivity index is 0.00000882. The van der Waals surface area contributed by atoms with Gasteiger partial charge in [0.15, 0.2) is 6.73 Å². The number of aryl methyl sites for hydroxylation is 1. The number of halogens is 1. The standard InChI is InChI=1S/C38H67N2O.ClH/c1-3-5-7-9-11-13-15-16-17-18-20-22-24-29-35-41-36-40-34-33-39(38(40)37-30-26-25-27-31-37)32-28-23-21-19-14-12-10-8-6-4-2;/h25-27,30-31,33-34H,3-24,28-29,32,35-36H2,1-2H3;1H/q+1;/p-1. The van der Waals surface area contributed by atoms with Gasteiger partial charge < -0.3 is 17.1 Å². The fourth-order valence-corrected chi connectivity index (χ4v) is 6.00. The van der Waals surface area contributed by atoms with Crippen LogP contribution < -0.4 is 17.0 Å². The topological polar surface area (TPSA) is 18.0 Å². The van der Waals surface area contributed by atoms with E-state index >= 15 is 0 Å². The van der Waals surface area contributed by atoms with Crippen molar-refractivity contribution in [3.05, 3.63) is 42.7 Å². The predicted octanol–water partition coefficient (Wildman–Crippen LogP) is 8.82. The van der Waals surface area contributed by atoms with Gasteiger partial charge in [-0.15, -0.1) is 0 Å². The van der Waals surface area contributed by atoms with Crippen LogP contribution in [0.25, 0.3) is 11.4 Å². The Labute approximate surface area is 267 Å². The van der Waals surface area contributed by atoms with Crippen molar-refractivity contribution in [3.63, 3.8) is 0 Å². The SMILES string of the molecule is CCCCCCCCCCCCCCCCOC[n+]1ccn(CCCCCCCCCCCC)c1-c1ccccc1.[Cl-]. The Kier molecular flexibility index (Phi) is 26.2. The van der Waals surface area contributed by atoms with E-state index in [1.807, 2.05) is 0 Å². The second kappa shape index (κ2) is 28.5. The van der Waals surface area contributed by atoms with Crippen molar-refractivity contribution in [2.45, 2.75) is 181 Å². The zero-order valence-electron chi connectivity index (χ0n) is 27.8. The minimum Gasteiger partial charge on any atom is -1.00 e. The lowest BCUT2D eigenvalue weighted by atomic mass is 10.0. The van der Waals surface area contributed by atoms with Crippen molar-refractivity contribution in [1.29, 1.82) is 0 Å². The van der Waals surface area contributed by atoms with Gasteiger partial charge in [-0.3, -0.25) is 0 Å². The smallest absolute Gasteiger partial charge is 0.290 e. The monoisotopic (exact) mass is 602 g/mol. The van der Waals surface area contributed by atoms with Crippen molar-refractivity contribution in [2.75, 3.05) is 6.61 Å². The molecule has 2 aromatic rings. The van der Waals surface area contributed by atoms with Crippen LogP contribution in [-0.2, 0) is 18.0 Å². The highest BCUT2D eigenvalue weighted by molar-refractivity contribution is 5.52. The van der Waals surface area contributed by atoms with E-state index < -0.39 is 0 Å². The Hall–Kier alpha value is -1.32. The summed E-state index contributed by atoms with van der Waals surface area (Å²) in [7, 11) is 0. The molecular weight excluding hydrogens is 536 g/mol. The fraction of sp³-hybridized carbons (Fsp3) is 0.763. The van der Waals surface area contributed by atoms with Gasteiger partial charge in [0, 0.05) is 0 Å². The largest absolute Gasteiger partial charge is 1.00 e. The van der Waals surface area contributed by atoms with E-state index in [0.29, 0.717) is 6.73 Å². The van der Waals surface area contributed by atoms with Crippen LogP contribution in [0.3, 0.4) is 0 Å². The molecule has 1 aromatic carbocycles. The molecule has 1 aromatic heterocycles. The van der Waals surface area contributed by atoms with Gasteiger partial charge in [-0.1, -0.05) is 167 Å². The number of imidazole rings is 1. The highest BCUT2D eigenvalue weighted by atomic mass is 35.5. The van der Waals surface area contributed by atoms with Crippen LogP contribution in [-0.4, -0.2) is 11.2 Å². The number of benzene rings is 1. The first-order valence-corrected chi connectivity index (χ1v) is 18.1. The number of nitrogens with zero attached hydrogens (tertiary/aromatic N) is 2. The molecule has 242 valence electrons. The molecule has 2 rings (SSSR count). The molecule has 1 heterocycles. The minimum absolute atomic E-state index is 0. The summed E-state index contributed by atoms with van der Waals surface area (Å²) >= 11 is 0. The van der Waals surface area contributed by atoms with Gasteiger partial charge in [0.25, 0.3) is 5.82 Å². The summed E-state index contributed by atoms with van der Waals surface area (Å²) in [5.41, 5.74) is 1.28. The third-order valence-electron chi connectivity index (χ3n) is 8.63. The average Bonchev–Trinajstić information content (AvgIpc) is 3.40. The molecule has 0 saturated heterocycles. The van der Waals surface area contributed by atoms with E-state index in [0.717, 1.165) is 13.2 Å². The van der Waals surface area contributed by atoms with Crippen molar-refractivity contribution < 1.29 is 21.7 Å². The van der Waals surface area contributed by atoms with Crippen LogP contribution in [0.15, 0.2) is 42.7 Å². The summed E-state index contributed by atoms with van der Waals surface area (Å²) in [5, 5.41) is 0. The zero-order chi connectivity index (χ0) is 29.1. The van der Waals surface area contributed by atoms with Crippen molar-refractivity contribution in [2.24, 2.45) is 0 Å². The maximum absolute atomic E-state index is 6.16. The van der Waals surface area contributed by atoms with Gasteiger partial charge in [0.1, 0.15) is 12.4 Å². The third-order valence-corrected chi connectivity index (χ3v) is 8.63. The average molecular weight is 603 g/mol. The summed E-state index contributed by atoms with van der Waals surface area (Å²) < 4.78 is 10.9. The molecule has 0 bridgehead atoms. The van der Waals surface area contributed by atoms with E-state index in [1.165, 1.54) is 165 Å². The quantitative estimate of drug-likeness (QED) is 0.0672. The van der Waals surface area contributed by atoms with Crippen molar-refractivity contribution >= 4 is 0 Å². The molecule has 4 heteroatoms. The van der Waals surface area contributed by atoms with E-state index in [1.54, 1.807) is 0 Å². The van der Waals surface area contributed by atoms with E-state index in [2.05, 4.69) is 65.7 Å². The normalized spacial score (nSPS) is 11.2. The zero-order valence-corrected chi connectivity index (χ0v) is 28.6. The number of unbranched alkanes of at least 4 members (excludes halogenated alkanes) is 22. The number of hydrogen-bond acceptors (Lipinski definition) is 1. The first kappa shape index (κ1) is 38.7. The summed E-state index contributed by atoms with van der Waals surface area (Å²) in [6, 6.07) is 10.9. The van der Waals surface area contributed by atoms with Crippen LogP contribution in [0.4, 0.5) is 0 Å². The molecule has 0 aliphatic rings. The molecule has 0 amide bonds. The van der Waals surface area contributed by atoms with E-state index in [-0.39, 0.29) is 12.4 Å². The summed E-state index contributed by atoms with van der Waals surface area (Å²) in [6.07, 6.45) is 37.8. The van der Waals surface area contributed by atoms with Crippen LogP contribution in [0.1, 0.15) is 168 Å². The summed E-state index contributed by atoms with van der Waals surface area (Å²) in [4.78, 5) is 0. The summed E-state index contributed by atoms with van der Waals surface area (Å²) in [5.74, 6) is 1.28. The van der Waals surface area contributed by atoms with Gasteiger partial charge in [0.05, 0.1) is 18.7 Å². The third kappa shape index (κ3) is 19.1. The molecule has 0 saturated carbocycles. The maximum atomic E-state index is 6.16. The molecular formula is C38H67ClN2O. The van der Waals surface area contributed by atoms with Gasteiger partial charge in [-0.25, -0.2) is 9.13 Å². The first-order valence-electron chi connectivity index (χ1n) is 18.1. The predicted molar refractivity (Wildman–Crippen MR) is 178 cm³/mol. The van der Waals surface area contributed by atoms with Gasteiger partial charge in [0.2, 0.25) is 0 Å². The Morgan fingerprint density at radius 2 is 0.976 bits per heavy atom. The second-order valence-corrected chi connectivity index (χ2v) is 12.5. The van der Waals surface area contributed by atoms with E-state index in [4.69, 9.17) is 4.74 Å². The highest BCUT2D eigenvalue weighted by Crippen LogP contribution is 2.18. The highest BCUT2D eigenvalue weighted by Gasteiger charge is 2.19. The first-order chi connectivity index (χ1) is 20.4. The number of ether oxygens (including phenoxy) is 1. The Morgan fingerprint density at radius 3 is 1.45 bits per heavy atom. The number of aromatic nitrogens is 2. The molecule has 0 aliphatic heterocycles. The molecule has 0 unspecified atom stereocenters. The summed E-state index contributed by atoms with van der Waals surface area (Å²) in [6.45, 7) is 7.19. The molecule has 3 nitrogen and oxygen atoms in total. The number of hydrogen-bond donors (Lipinski definition) is 0. The lowest BCUT2D eigenvalue weighted by Gasteiger charge is -2.07. The number of rotatable bonds is 29. The Morgan fingerprint density at radius 1 is 0.548 bits per heavy atom. The van der Waals surface area contributed by atoms with Gasteiger partial charge in [-0.05, 0) is 31.4 Å². The van der Waals surface area contributed by atoms with E-state index in [9.17, 15) is 0 Å². The molecule has 0 radical (unpaired) electrons. The molecule has 0 aliphatic carbocycles. The molecule has 0 spiro atoms. The second-order valence-electron chi connectivity index (χ2n) is 12.5. The lowest BCUT2D eigenvalue weighted by Crippen LogP contribution is -3.00. The Bertz CT molecular complexity index is 822. The molecule has 42 heavy (non-hydrogen) atoms. The van der Waals surface area contributed by atoms with Crippen LogP contribution >= 0.6 is 0 Å². The van der Waals surface area contributed by atoms with Crippen molar-refractivity contribution in [1.82, 2.24) is 4.57 Å². The molecule has 0 atom stereocenters. The lowest BCUT2D eigenvalue weighted by molar-refractivity contribution is -0.722. The molecule has 0 N–H and O–H groups in total. The van der Waals surface area contributed by atoms with Gasteiger partial charge >= 0.3 is 0 Å². The molecule has 0 fully saturated rings.